The first-order valence-corrected chi connectivity index (χ1v) is 9.01. The molecule has 9 nitrogen and oxygen atoms in total. The van der Waals surface area contributed by atoms with Crippen LogP contribution >= 0.6 is 0 Å². The van der Waals surface area contributed by atoms with E-state index >= 15 is 0 Å². The first-order valence-electron chi connectivity index (χ1n) is 9.01. The molecule has 1 aromatic carbocycles. The molecule has 1 aliphatic heterocycles. The highest BCUT2D eigenvalue weighted by Crippen LogP contribution is 2.32. The van der Waals surface area contributed by atoms with Gasteiger partial charge in [0.25, 0.3) is 5.91 Å². The van der Waals surface area contributed by atoms with Gasteiger partial charge in [-0.05, 0) is 39.8 Å². The minimum atomic E-state index is -0.998. The van der Waals surface area contributed by atoms with Crippen LogP contribution in [-0.2, 0) is 19.1 Å². The largest absolute Gasteiger partial charge is 0.486 e. The maximum Gasteiger partial charge on any atom is 0.407 e. The van der Waals surface area contributed by atoms with Crippen LogP contribution in [0.15, 0.2) is 18.2 Å². The molecule has 9 heteroatoms. The fourth-order valence-corrected chi connectivity index (χ4v) is 2.26. The van der Waals surface area contributed by atoms with Crippen LogP contribution in [0.4, 0.5) is 10.5 Å². The molecule has 0 saturated heterocycles. The fourth-order valence-electron chi connectivity index (χ4n) is 2.26. The number of ether oxygens (including phenoxy) is 4. The highest BCUT2D eigenvalue weighted by Gasteiger charge is 2.20. The smallest absolute Gasteiger partial charge is 0.407 e. The van der Waals surface area contributed by atoms with Gasteiger partial charge in [0.15, 0.2) is 17.6 Å². The molecule has 1 aromatic rings. The monoisotopic (exact) mass is 394 g/mol. The predicted molar refractivity (Wildman–Crippen MR) is 100 cm³/mol. The molecule has 1 atom stereocenters. The first kappa shape index (κ1) is 21.3. The van der Waals surface area contributed by atoms with Crippen molar-refractivity contribution in [3.63, 3.8) is 0 Å². The predicted octanol–water partition coefficient (Wildman–Crippen LogP) is 2.24. The summed E-state index contributed by atoms with van der Waals surface area (Å²) in [4.78, 5) is 35.5. The Morgan fingerprint density at radius 1 is 1.14 bits per heavy atom. The topological polar surface area (TPSA) is 112 Å². The van der Waals surface area contributed by atoms with E-state index in [0.717, 1.165) is 0 Å². The summed E-state index contributed by atoms with van der Waals surface area (Å²) in [5.41, 5.74) is -0.117. The van der Waals surface area contributed by atoms with Crippen LogP contribution in [0.5, 0.6) is 11.5 Å². The number of anilines is 1. The van der Waals surface area contributed by atoms with Crippen molar-refractivity contribution in [2.24, 2.45) is 0 Å². The number of nitrogens with one attached hydrogen (secondary N) is 2. The molecule has 0 radical (unpaired) electrons. The lowest BCUT2D eigenvalue weighted by Crippen LogP contribution is -2.35. The van der Waals surface area contributed by atoms with Crippen LogP contribution < -0.4 is 20.1 Å². The van der Waals surface area contributed by atoms with E-state index in [1.165, 1.54) is 6.92 Å². The summed E-state index contributed by atoms with van der Waals surface area (Å²) in [6.45, 7) is 7.65. The average molecular weight is 394 g/mol. The molecule has 2 amide bonds. The van der Waals surface area contributed by atoms with E-state index in [1.54, 1.807) is 39.0 Å². The normalized spacial score (nSPS) is 13.9. The number of hydrogen-bond acceptors (Lipinski definition) is 7. The Hall–Kier alpha value is -2.97. The van der Waals surface area contributed by atoms with Crippen molar-refractivity contribution in [3.05, 3.63) is 18.2 Å². The zero-order valence-corrected chi connectivity index (χ0v) is 16.5. The van der Waals surface area contributed by atoms with Crippen molar-refractivity contribution in [1.82, 2.24) is 5.32 Å². The van der Waals surface area contributed by atoms with Gasteiger partial charge in [0.2, 0.25) is 0 Å². The summed E-state index contributed by atoms with van der Waals surface area (Å²) >= 11 is 0. The van der Waals surface area contributed by atoms with Crippen LogP contribution in [-0.4, -0.2) is 49.4 Å². The van der Waals surface area contributed by atoms with Gasteiger partial charge in [-0.25, -0.2) is 4.79 Å². The first-order chi connectivity index (χ1) is 13.1. The second-order valence-electron chi connectivity index (χ2n) is 7.16. The van der Waals surface area contributed by atoms with Gasteiger partial charge in [0.05, 0.1) is 6.42 Å². The van der Waals surface area contributed by atoms with E-state index in [0.29, 0.717) is 30.4 Å². The lowest BCUT2D eigenvalue weighted by atomic mass is 10.2. The van der Waals surface area contributed by atoms with Crippen LogP contribution in [0.3, 0.4) is 0 Å². The van der Waals surface area contributed by atoms with E-state index < -0.39 is 29.7 Å². The van der Waals surface area contributed by atoms with Crippen LogP contribution in [0, 0.1) is 0 Å². The third-order valence-electron chi connectivity index (χ3n) is 3.48. The van der Waals surface area contributed by atoms with Crippen LogP contribution in [0.25, 0.3) is 0 Å². The third kappa shape index (κ3) is 6.98. The Kier molecular flexibility index (Phi) is 7.08. The molecule has 2 N–H and O–H groups in total. The fraction of sp³-hybridized carbons (Fsp3) is 0.526. The molecule has 1 heterocycles. The van der Waals surface area contributed by atoms with Crippen LogP contribution in [0.2, 0.25) is 0 Å². The molecule has 2 rings (SSSR count). The summed E-state index contributed by atoms with van der Waals surface area (Å²) in [5.74, 6) is 0.0640. The number of alkyl carbamates (subject to hydrolysis) is 1. The Morgan fingerprint density at radius 2 is 1.82 bits per heavy atom. The van der Waals surface area contributed by atoms with E-state index in [2.05, 4.69) is 10.6 Å². The minimum absolute atomic E-state index is 0.0459. The number of benzene rings is 1. The van der Waals surface area contributed by atoms with Gasteiger partial charge < -0.3 is 29.6 Å². The zero-order chi connectivity index (χ0) is 20.7. The van der Waals surface area contributed by atoms with Gasteiger partial charge in [0.1, 0.15) is 18.8 Å². The second-order valence-corrected chi connectivity index (χ2v) is 7.16. The van der Waals surface area contributed by atoms with Crippen molar-refractivity contribution in [2.45, 2.75) is 45.8 Å². The van der Waals surface area contributed by atoms with Crippen molar-refractivity contribution in [2.75, 3.05) is 25.1 Å². The Morgan fingerprint density at radius 3 is 2.50 bits per heavy atom. The number of rotatable bonds is 6. The number of esters is 1. The van der Waals surface area contributed by atoms with Gasteiger partial charge >= 0.3 is 12.1 Å². The number of hydrogen-bond donors (Lipinski definition) is 2. The van der Waals surface area contributed by atoms with Gasteiger partial charge in [-0.1, -0.05) is 0 Å². The third-order valence-corrected chi connectivity index (χ3v) is 3.48. The van der Waals surface area contributed by atoms with Crippen molar-refractivity contribution in [3.8, 4) is 11.5 Å². The maximum absolute atomic E-state index is 12.2. The molecule has 0 spiro atoms. The number of carbonyl (C=O) groups excluding carboxylic acids is 3. The van der Waals surface area contributed by atoms with Crippen molar-refractivity contribution < 1.29 is 33.3 Å². The summed E-state index contributed by atoms with van der Waals surface area (Å²) < 4.78 is 21.0. The SMILES string of the molecule is C[C@@H](OC(=O)CCNC(=O)OC(C)(C)C)C(=O)Nc1ccc2c(c1)OCCO2. The molecule has 28 heavy (non-hydrogen) atoms. The number of fused-ring (bicyclic) bond motifs is 1. The summed E-state index contributed by atoms with van der Waals surface area (Å²) in [5, 5.41) is 5.11. The molecule has 0 fully saturated rings. The molecule has 0 aromatic heterocycles. The Bertz CT molecular complexity index is 727. The van der Waals surface area contributed by atoms with Gasteiger partial charge in [-0.3, -0.25) is 9.59 Å². The highest BCUT2D eigenvalue weighted by atomic mass is 16.6. The second kappa shape index (κ2) is 9.29. The molecule has 154 valence electrons. The van der Waals surface area contributed by atoms with E-state index in [-0.39, 0.29) is 13.0 Å². The maximum atomic E-state index is 12.2. The average Bonchev–Trinajstić information content (AvgIpc) is 2.60. The molecule has 0 aliphatic carbocycles. The lowest BCUT2D eigenvalue weighted by Gasteiger charge is -2.20. The summed E-state index contributed by atoms with van der Waals surface area (Å²) in [6.07, 6.45) is -1.70. The summed E-state index contributed by atoms with van der Waals surface area (Å²) in [7, 11) is 0. The van der Waals surface area contributed by atoms with Gasteiger partial charge in [0, 0.05) is 18.3 Å². The molecular formula is C19H26N2O7. The van der Waals surface area contributed by atoms with Crippen LogP contribution in [0.1, 0.15) is 34.1 Å². The number of amides is 2. The Balaban J connectivity index is 1.74. The van der Waals surface area contributed by atoms with Gasteiger partial charge in [-0.15, -0.1) is 0 Å². The number of carbonyl (C=O) groups is 3. The van der Waals surface area contributed by atoms with E-state index in [1.807, 2.05) is 0 Å². The zero-order valence-electron chi connectivity index (χ0n) is 16.5. The quantitative estimate of drug-likeness (QED) is 0.712. The van der Waals surface area contributed by atoms with E-state index in [9.17, 15) is 14.4 Å². The summed E-state index contributed by atoms with van der Waals surface area (Å²) in [6, 6.07) is 5.01. The molecule has 0 unspecified atom stereocenters. The minimum Gasteiger partial charge on any atom is -0.486 e. The van der Waals surface area contributed by atoms with E-state index in [4.69, 9.17) is 18.9 Å². The lowest BCUT2D eigenvalue weighted by molar-refractivity contribution is -0.153. The Labute approximate surface area is 163 Å². The van der Waals surface area contributed by atoms with Gasteiger partial charge in [-0.2, -0.15) is 0 Å². The molecule has 0 bridgehead atoms. The van der Waals surface area contributed by atoms with Crippen molar-refractivity contribution in [1.29, 1.82) is 0 Å². The van der Waals surface area contributed by atoms with Crippen molar-refractivity contribution >= 4 is 23.7 Å². The molecule has 0 saturated carbocycles. The standard InChI is InChI=1S/C19H26N2O7/c1-12(27-16(22)7-8-20-18(24)28-19(2,3)4)17(23)21-13-5-6-14-15(11-13)26-10-9-25-14/h5-6,11-12H,7-10H2,1-4H3,(H,20,24)(H,21,23)/t12-/m1/s1. The highest BCUT2D eigenvalue weighted by molar-refractivity contribution is 5.95. The molecule has 1 aliphatic rings. The molecular weight excluding hydrogens is 368 g/mol.